The molecule has 0 atom stereocenters. The Balaban J connectivity index is 1.94. The van der Waals surface area contributed by atoms with Gasteiger partial charge in [0.05, 0.1) is 17.5 Å². The highest BCUT2D eigenvalue weighted by Crippen LogP contribution is 2.42. The number of carbonyl (C=O) groups excluding carboxylic acids is 1. The van der Waals surface area contributed by atoms with Crippen molar-refractivity contribution in [1.82, 2.24) is 20.3 Å². The summed E-state index contributed by atoms with van der Waals surface area (Å²) in [6.07, 6.45) is 1.83. The molecule has 3 aromatic rings. The molecule has 1 aromatic carbocycles. The van der Waals surface area contributed by atoms with E-state index in [2.05, 4.69) is 15.6 Å². The number of carbonyl (C=O) groups is 1. The number of halogens is 4. The van der Waals surface area contributed by atoms with Gasteiger partial charge in [-0.25, -0.2) is 9.07 Å². The van der Waals surface area contributed by atoms with Crippen molar-refractivity contribution in [3.63, 3.8) is 0 Å². The van der Waals surface area contributed by atoms with E-state index in [1.165, 1.54) is 6.07 Å². The Hall–Kier alpha value is -3.69. The first-order chi connectivity index (χ1) is 16.3. The lowest BCUT2D eigenvalue weighted by Gasteiger charge is -2.16. The Kier molecular flexibility index (Phi) is 6.41. The summed E-state index contributed by atoms with van der Waals surface area (Å²) in [5.41, 5.74) is 0.743. The van der Waals surface area contributed by atoms with Crippen molar-refractivity contribution < 1.29 is 26.9 Å². The maximum atomic E-state index is 14.8. The van der Waals surface area contributed by atoms with Gasteiger partial charge in [-0.3, -0.25) is 4.79 Å². The predicted octanol–water partition coefficient (Wildman–Crippen LogP) is 5.75. The van der Waals surface area contributed by atoms with Gasteiger partial charge in [0.2, 0.25) is 6.41 Å². The normalized spacial score (nSPS) is 14.1. The van der Waals surface area contributed by atoms with Crippen LogP contribution < -0.4 is 5.32 Å². The van der Waals surface area contributed by atoms with Crippen molar-refractivity contribution in [1.29, 1.82) is 0 Å². The van der Waals surface area contributed by atoms with Gasteiger partial charge >= 0.3 is 6.18 Å². The Labute approximate surface area is 192 Å². The Bertz CT molecular complexity index is 1280. The minimum atomic E-state index is -4.78. The van der Waals surface area contributed by atoms with Gasteiger partial charge in [-0.15, -0.1) is 0 Å². The predicted molar refractivity (Wildman–Crippen MR) is 118 cm³/mol. The standard InChI is InChI=1S/C24H22F4N4O2/c1-3-15-7-5-9-19(25)20(15)21-17(11-29-13-33)22(34-31-21)18-12-30-32(23(18)24(26,27)28)16-8-4-6-14(2)10-16/h5,7-10,12-13H,3-4,6,11H2,1-2H3,(H,29,33). The highest BCUT2D eigenvalue weighted by Gasteiger charge is 2.41. The summed E-state index contributed by atoms with van der Waals surface area (Å²) in [5.74, 6) is -0.823. The molecule has 0 bridgehead atoms. The monoisotopic (exact) mass is 474 g/mol. The zero-order valence-corrected chi connectivity index (χ0v) is 18.5. The van der Waals surface area contributed by atoms with Gasteiger partial charge in [-0.1, -0.05) is 35.9 Å². The van der Waals surface area contributed by atoms with Crippen molar-refractivity contribution in [2.45, 2.75) is 45.8 Å². The third kappa shape index (κ3) is 4.27. The van der Waals surface area contributed by atoms with E-state index in [1.54, 1.807) is 24.3 Å². The SMILES string of the molecule is CCc1cccc(F)c1-c1noc(-c2cnn(C3=CCCC(C)=C3)c2C(F)(F)F)c1CNC=O. The summed E-state index contributed by atoms with van der Waals surface area (Å²) in [7, 11) is 0. The zero-order chi connectivity index (χ0) is 24.5. The Morgan fingerprint density at radius 2 is 2.09 bits per heavy atom. The number of allylic oxidation sites excluding steroid dienone is 4. The van der Waals surface area contributed by atoms with Crippen LogP contribution in [-0.4, -0.2) is 21.3 Å². The number of hydrogen-bond acceptors (Lipinski definition) is 4. The lowest BCUT2D eigenvalue weighted by molar-refractivity contribution is -0.142. The summed E-state index contributed by atoms with van der Waals surface area (Å²) in [6, 6.07) is 4.48. The minimum absolute atomic E-state index is 0.0350. The highest BCUT2D eigenvalue weighted by atomic mass is 19.4. The van der Waals surface area contributed by atoms with Crippen LogP contribution in [-0.2, 0) is 23.9 Å². The summed E-state index contributed by atoms with van der Waals surface area (Å²) < 4.78 is 63.8. The largest absolute Gasteiger partial charge is 0.434 e. The molecule has 4 rings (SSSR count). The number of alkyl halides is 3. The molecule has 0 spiro atoms. The van der Waals surface area contributed by atoms with E-state index in [9.17, 15) is 22.4 Å². The first-order valence-corrected chi connectivity index (χ1v) is 10.7. The van der Waals surface area contributed by atoms with E-state index >= 15 is 0 Å². The fourth-order valence-corrected chi connectivity index (χ4v) is 4.12. The number of hydrogen-bond donors (Lipinski definition) is 1. The van der Waals surface area contributed by atoms with Crippen LogP contribution in [0.1, 0.15) is 43.5 Å². The highest BCUT2D eigenvalue weighted by molar-refractivity contribution is 5.77. The number of nitrogens with one attached hydrogen (secondary N) is 1. The molecular weight excluding hydrogens is 452 g/mol. The maximum Gasteiger partial charge on any atom is 0.434 e. The summed E-state index contributed by atoms with van der Waals surface area (Å²) >= 11 is 0. The molecule has 0 saturated carbocycles. The summed E-state index contributed by atoms with van der Waals surface area (Å²) in [5, 5.41) is 10.4. The van der Waals surface area contributed by atoms with Gasteiger partial charge in [0, 0.05) is 17.7 Å². The molecule has 1 N–H and O–H groups in total. The van der Waals surface area contributed by atoms with E-state index in [1.807, 2.05) is 13.8 Å². The second-order valence-electron chi connectivity index (χ2n) is 7.94. The number of rotatable bonds is 7. The van der Waals surface area contributed by atoms with Gasteiger partial charge < -0.3 is 9.84 Å². The third-order valence-electron chi connectivity index (χ3n) is 5.68. The number of aryl methyl sites for hydroxylation is 1. The van der Waals surface area contributed by atoms with E-state index in [-0.39, 0.29) is 34.7 Å². The number of amides is 1. The molecule has 1 aliphatic carbocycles. The summed E-state index contributed by atoms with van der Waals surface area (Å²) in [6.45, 7) is 3.46. The Morgan fingerprint density at radius 1 is 1.29 bits per heavy atom. The molecule has 1 aliphatic rings. The fourth-order valence-electron chi connectivity index (χ4n) is 4.12. The number of benzene rings is 1. The molecular formula is C24H22F4N4O2. The van der Waals surface area contributed by atoms with Crippen LogP contribution >= 0.6 is 0 Å². The molecule has 0 radical (unpaired) electrons. The molecule has 0 unspecified atom stereocenters. The molecule has 0 saturated heterocycles. The van der Waals surface area contributed by atoms with Crippen LogP contribution in [0.2, 0.25) is 0 Å². The molecule has 2 heterocycles. The topological polar surface area (TPSA) is 73.0 Å². The van der Waals surface area contributed by atoms with Gasteiger partial charge in [-0.05, 0) is 43.9 Å². The van der Waals surface area contributed by atoms with Crippen molar-refractivity contribution in [2.24, 2.45) is 0 Å². The van der Waals surface area contributed by atoms with E-state index in [4.69, 9.17) is 4.52 Å². The van der Waals surface area contributed by atoms with Crippen molar-refractivity contribution in [2.75, 3.05) is 0 Å². The van der Waals surface area contributed by atoms with Gasteiger partial charge in [-0.2, -0.15) is 18.3 Å². The zero-order valence-electron chi connectivity index (χ0n) is 18.5. The average molecular weight is 474 g/mol. The Morgan fingerprint density at radius 3 is 2.76 bits per heavy atom. The van der Waals surface area contributed by atoms with Crippen LogP contribution in [0, 0.1) is 5.82 Å². The smallest absolute Gasteiger partial charge is 0.355 e. The van der Waals surface area contributed by atoms with Crippen molar-refractivity contribution in [3.05, 3.63) is 64.8 Å². The van der Waals surface area contributed by atoms with Crippen LogP contribution in [0.3, 0.4) is 0 Å². The van der Waals surface area contributed by atoms with E-state index in [0.29, 0.717) is 30.5 Å². The first-order valence-electron chi connectivity index (χ1n) is 10.7. The molecule has 34 heavy (non-hydrogen) atoms. The van der Waals surface area contributed by atoms with Crippen molar-refractivity contribution >= 4 is 12.1 Å². The van der Waals surface area contributed by atoms with Crippen molar-refractivity contribution in [3.8, 4) is 22.6 Å². The van der Waals surface area contributed by atoms with Gasteiger partial charge in [0.15, 0.2) is 11.5 Å². The molecule has 178 valence electrons. The molecule has 1 amide bonds. The maximum absolute atomic E-state index is 14.8. The second kappa shape index (κ2) is 9.28. The van der Waals surface area contributed by atoms with Gasteiger partial charge in [0.1, 0.15) is 11.5 Å². The minimum Gasteiger partial charge on any atom is -0.355 e. The first kappa shape index (κ1) is 23.5. The molecule has 0 fully saturated rings. The fraction of sp³-hybridized carbons (Fsp3) is 0.292. The van der Waals surface area contributed by atoms with Crippen LogP contribution in [0.15, 0.2) is 46.6 Å². The molecule has 6 nitrogen and oxygen atoms in total. The number of aromatic nitrogens is 3. The van der Waals surface area contributed by atoms with E-state index in [0.717, 1.165) is 22.9 Å². The van der Waals surface area contributed by atoms with E-state index < -0.39 is 17.7 Å². The third-order valence-corrected chi connectivity index (χ3v) is 5.68. The lowest BCUT2D eigenvalue weighted by Crippen LogP contribution is -2.16. The quantitative estimate of drug-likeness (QED) is 0.350. The molecule has 0 aliphatic heterocycles. The second-order valence-corrected chi connectivity index (χ2v) is 7.94. The van der Waals surface area contributed by atoms with Crippen LogP contribution in [0.4, 0.5) is 17.6 Å². The van der Waals surface area contributed by atoms with Gasteiger partial charge in [0.25, 0.3) is 0 Å². The van der Waals surface area contributed by atoms with Crippen LogP contribution in [0.25, 0.3) is 28.3 Å². The summed E-state index contributed by atoms with van der Waals surface area (Å²) in [4.78, 5) is 11.0. The molecule has 10 heteroatoms. The average Bonchev–Trinajstić information content (AvgIpc) is 3.41. The number of nitrogens with zero attached hydrogens (tertiary/aromatic N) is 3. The van der Waals surface area contributed by atoms with Crippen LogP contribution in [0.5, 0.6) is 0 Å². The molecule has 2 aromatic heterocycles. The lowest BCUT2D eigenvalue weighted by atomic mass is 9.96.